The molecule has 0 aliphatic rings. The molecule has 2 aromatic carbocycles. The number of ether oxygens (including phenoxy) is 1. The van der Waals surface area contributed by atoms with Crippen molar-refractivity contribution in [3.8, 4) is 5.75 Å². The largest absolute Gasteiger partial charge is 0.494 e. The van der Waals surface area contributed by atoms with Gasteiger partial charge in [-0.05, 0) is 55.0 Å². The number of hydrogen-bond donors (Lipinski definition) is 1. The van der Waals surface area contributed by atoms with Crippen molar-refractivity contribution in [2.75, 3.05) is 11.9 Å². The lowest BCUT2D eigenvalue weighted by Crippen LogP contribution is -2.11. The van der Waals surface area contributed by atoms with Crippen LogP contribution in [0.5, 0.6) is 5.75 Å². The van der Waals surface area contributed by atoms with Crippen LogP contribution in [0.15, 0.2) is 48.5 Å². The summed E-state index contributed by atoms with van der Waals surface area (Å²) in [6, 6.07) is 14.3. The quantitative estimate of drug-likeness (QED) is 0.566. The Kier molecular flexibility index (Phi) is 6.45. The highest BCUT2D eigenvalue weighted by Gasteiger charge is 2.15. The van der Waals surface area contributed by atoms with E-state index >= 15 is 0 Å². The lowest BCUT2D eigenvalue weighted by Gasteiger charge is -2.03. The van der Waals surface area contributed by atoms with Gasteiger partial charge < -0.3 is 10.1 Å². The van der Waals surface area contributed by atoms with Gasteiger partial charge in [-0.3, -0.25) is 4.79 Å². The van der Waals surface area contributed by atoms with E-state index in [1.165, 1.54) is 0 Å². The predicted molar refractivity (Wildman–Crippen MR) is 111 cm³/mol. The van der Waals surface area contributed by atoms with Gasteiger partial charge in [-0.15, -0.1) is 10.2 Å². The molecule has 1 aromatic heterocycles. The molecule has 1 heterocycles. The van der Waals surface area contributed by atoms with Crippen molar-refractivity contribution in [1.29, 1.82) is 0 Å². The van der Waals surface area contributed by atoms with Crippen LogP contribution in [0.1, 0.15) is 27.3 Å². The molecule has 1 amide bonds. The molecule has 0 unspecified atom stereocenters. The first kappa shape index (κ1) is 19.4. The smallest absolute Gasteiger partial charge is 0.286 e. The number of nitrogens with one attached hydrogen (secondary N) is 1. The van der Waals surface area contributed by atoms with Crippen LogP contribution in [0, 0.1) is 0 Å². The molecule has 0 aliphatic carbocycles. The van der Waals surface area contributed by atoms with Gasteiger partial charge in [0.15, 0.2) is 5.01 Å². The van der Waals surface area contributed by atoms with Crippen LogP contribution < -0.4 is 10.1 Å². The second kappa shape index (κ2) is 8.99. The monoisotopic (exact) mass is 419 g/mol. The summed E-state index contributed by atoms with van der Waals surface area (Å²) >= 11 is 13.3. The Labute approximate surface area is 170 Å². The molecule has 27 heavy (non-hydrogen) atoms. The topological polar surface area (TPSA) is 64.1 Å². The lowest BCUT2D eigenvalue weighted by molar-refractivity contribution is 0.102. The SMILES string of the molecule is CCOc1cccc(/C=C(\Cl)c2nnc(C(=O)Nc3ccc(Cl)cc3)s2)c1. The summed E-state index contributed by atoms with van der Waals surface area (Å²) in [4.78, 5) is 12.3. The van der Waals surface area contributed by atoms with Gasteiger partial charge in [0.05, 0.1) is 11.6 Å². The fraction of sp³-hybridized carbons (Fsp3) is 0.105. The zero-order chi connectivity index (χ0) is 19.2. The van der Waals surface area contributed by atoms with Crippen molar-refractivity contribution in [3.05, 3.63) is 69.1 Å². The Morgan fingerprint density at radius 3 is 2.67 bits per heavy atom. The van der Waals surface area contributed by atoms with Crippen molar-refractivity contribution in [2.45, 2.75) is 6.92 Å². The van der Waals surface area contributed by atoms with E-state index in [-0.39, 0.29) is 10.9 Å². The summed E-state index contributed by atoms with van der Waals surface area (Å²) in [5, 5.41) is 12.3. The molecule has 0 fully saturated rings. The molecule has 0 spiro atoms. The van der Waals surface area contributed by atoms with Gasteiger partial charge >= 0.3 is 0 Å². The van der Waals surface area contributed by atoms with Crippen LogP contribution in [-0.2, 0) is 0 Å². The summed E-state index contributed by atoms with van der Waals surface area (Å²) in [5.74, 6) is 0.403. The van der Waals surface area contributed by atoms with E-state index in [0.29, 0.717) is 27.4 Å². The number of carbonyl (C=O) groups is 1. The molecule has 0 saturated carbocycles. The van der Waals surface area contributed by atoms with E-state index in [9.17, 15) is 4.79 Å². The Morgan fingerprint density at radius 2 is 1.93 bits per heavy atom. The first-order chi connectivity index (χ1) is 13.0. The Balaban J connectivity index is 1.73. The average molecular weight is 420 g/mol. The van der Waals surface area contributed by atoms with Gasteiger partial charge in [0, 0.05) is 10.7 Å². The molecule has 3 rings (SSSR count). The van der Waals surface area contributed by atoms with Crippen molar-refractivity contribution in [2.24, 2.45) is 0 Å². The van der Waals surface area contributed by atoms with E-state index in [2.05, 4.69) is 15.5 Å². The van der Waals surface area contributed by atoms with Crippen molar-refractivity contribution < 1.29 is 9.53 Å². The standard InChI is InChI=1S/C19H15Cl2N3O2S/c1-2-26-15-5-3-4-12(10-15)11-16(21)18-23-24-19(27-18)17(25)22-14-8-6-13(20)7-9-14/h3-11H,2H2,1H3,(H,22,25)/b16-11-. The Morgan fingerprint density at radius 1 is 1.19 bits per heavy atom. The summed E-state index contributed by atoms with van der Waals surface area (Å²) < 4.78 is 5.47. The van der Waals surface area contributed by atoms with E-state index in [4.69, 9.17) is 27.9 Å². The number of carbonyl (C=O) groups excluding carboxylic acids is 1. The number of amides is 1. The van der Waals surface area contributed by atoms with Gasteiger partial charge in [0.25, 0.3) is 5.91 Å². The van der Waals surface area contributed by atoms with Gasteiger partial charge in [-0.2, -0.15) is 0 Å². The van der Waals surface area contributed by atoms with Gasteiger partial charge in [-0.1, -0.05) is 46.7 Å². The molecule has 8 heteroatoms. The maximum Gasteiger partial charge on any atom is 0.286 e. The van der Waals surface area contributed by atoms with Crippen molar-refractivity contribution >= 4 is 57.2 Å². The van der Waals surface area contributed by atoms with Crippen LogP contribution in [0.4, 0.5) is 5.69 Å². The van der Waals surface area contributed by atoms with Crippen LogP contribution in [0.25, 0.3) is 11.1 Å². The number of anilines is 1. The zero-order valence-corrected chi connectivity index (χ0v) is 16.6. The average Bonchev–Trinajstić information content (AvgIpc) is 3.15. The first-order valence-corrected chi connectivity index (χ1v) is 9.63. The number of aromatic nitrogens is 2. The molecular weight excluding hydrogens is 405 g/mol. The van der Waals surface area contributed by atoms with Crippen LogP contribution in [-0.4, -0.2) is 22.7 Å². The number of nitrogens with zero attached hydrogens (tertiary/aromatic N) is 2. The Bertz CT molecular complexity index is 971. The normalized spacial score (nSPS) is 11.3. The van der Waals surface area contributed by atoms with Crippen LogP contribution >= 0.6 is 34.5 Å². The summed E-state index contributed by atoms with van der Waals surface area (Å²) in [7, 11) is 0. The highest BCUT2D eigenvalue weighted by Crippen LogP contribution is 2.27. The van der Waals surface area contributed by atoms with Crippen LogP contribution in [0.2, 0.25) is 5.02 Å². The number of halogens is 2. The molecule has 0 saturated heterocycles. The second-order valence-electron chi connectivity index (χ2n) is 5.37. The molecular formula is C19H15Cl2N3O2S. The van der Waals surface area contributed by atoms with Gasteiger partial charge in [0.1, 0.15) is 5.75 Å². The maximum atomic E-state index is 12.3. The minimum absolute atomic E-state index is 0.217. The highest BCUT2D eigenvalue weighted by atomic mass is 35.5. The fourth-order valence-electron chi connectivity index (χ4n) is 2.20. The van der Waals surface area contributed by atoms with E-state index in [1.54, 1.807) is 30.3 Å². The third-order valence-corrected chi connectivity index (χ3v) is 5.00. The van der Waals surface area contributed by atoms with Crippen LogP contribution in [0.3, 0.4) is 0 Å². The molecule has 5 nitrogen and oxygen atoms in total. The third-order valence-electron chi connectivity index (χ3n) is 3.39. The van der Waals surface area contributed by atoms with E-state index in [1.807, 2.05) is 31.2 Å². The fourth-order valence-corrected chi connectivity index (χ4v) is 3.25. The number of hydrogen-bond acceptors (Lipinski definition) is 5. The zero-order valence-electron chi connectivity index (χ0n) is 14.3. The highest BCUT2D eigenvalue weighted by molar-refractivity contribution is 7.15. The van der Waals surface area contributed by atoms with Gasteiger partial charge in [0.2, 0.25) is 5.01 Å². The predicted octanol–water partition coefficient (Wildman–Crippen LogP) is 5.58. The van der Waals surface area contributed by atoms with E-state index in [0.717, 1.165) is 22.6 Å². The molecule has 1 N–H and O–H groups in total. The molecule has 3 aromatic rings. The number of rotatable bonds is 6. The van der Waals surface area contributed by atoms with Crippen molar-refractivity contribution in [3.63, 3.8) is 0 Å². The molecule has 0 atom stereocenters. The molecule has 0 bridgehead atoms. The minimum Gasteiger partial charge on any atom is -0.494 e. The van der Waals surface area contributed by atoms with Crippen molar-refractivity contribution in [1.82, 2.24) is 10.2 Å². The maximum absolute atomic E-state index is 12.3. The lowest BCUT2D eigenvalue weighted by atomic mass is 10.2. The molecule has 138 valence electrons. The second-order valence-corrected chi connectivity index (χ2v) is 7.19. The number of benzene rings is 2. The summed E-state index contributed by atoms with van der Waals surface area (Å²) in [6.07, 6.45) is 1.76. The van der Waals surface area contributed by atoms with Gasteiger partial charge in [-0.25, -0.2) is 0 Å². The summed E-state index contributed by atoms with van der Waals surface area (Å²) in [6.45, 7) is 2.51. The Hall–Kier alpha value is -2.41. The minimum atomic E-state index is -0.358. The molecule has 0 radical (unpaired) electrons. The molecule has 0 aliphatic heterocycles. The first-order valence-electron chi connectivity index (χ1n) is 8.06. The third kappa shape index (κ3) is 5.29. The summed E-state index contributed by atoms with van der Waals surface area (Å²) in [5.41, 5.74) is 1.49. The van der Waals surface area contributed by atoms with E-state index < -0.39 is 0 Å².